The number of halogens is 1. The Labute approximate surface area is 137 Å². The van der Waals surface area contributed by atoms with Crippen LogP contribution in [0.2, 0.25) is 0 Å². The number of ketones is 1. The molecule has 0 saturated carbocycles. The normalized spacial score (nSPS) is 10.9. The lowest BCUT2D eigenvalue weighted by Crippen LogP contribution is -2.10. The van der Waals surface area contributed by atoms with Crippen molar-refractivity contribution >= 4 is 22.8 Å². The number of carbonyl (C=O) groups is 2. The highest BCUT2D eigenvalue weighted by molar-refractivity contribution is 5.99. The molecule has 0 aliphatic heterocycles. The molecule has 3 rings (SSSR count). The third-order valence-corrected chi connectivity index (χ3v) is 3.80. The Bertz CT molecular complexity index is 947. The van der Waals surface area contributed by atoms with Gasteiger partial charge in [0.2, 0.25) is 0 Å². The first-order chi connectivity index (χ1) is 11.5. The first-order valence-electron chi connectivity index (χ1n) is 7.51. The van der Waals surface area contributed by atoms with Gasteiger partial charge < -0.3 is 9.67 Å². The standard InChI is InChI=1S/C18H15FN2O3/c1-2-16(22)11-7-8-15-14(9-11)20-18(21(15)10-17(23)24)12-5-3-4-6-13(12)19/h3-9H,2,10H2,1H3,(H,23,24). The van der Waals surface area contributed by atoms with Crippen molar-refractivity contribution in [3.8, 4) is 11.4 Å². The van der Waals surface area contributed by atoms with E-state index in [-0.39, 0.29) is 23.7 Å². The van der Waals surface area contributed by atoms with Crippen LogP contribution in [0.1, 0.15) is 23.7 Å². The fourth-order valence-corrected chi connectivity index (χ4v) is 2.65. The Morgan fingerprint density at radius 1 is 1.21 bits per heavy atom. The lowest BCUT2D eigenvalue weighted by Gasteiger charge is -2.07. The third kappa shape index (κ3) is 2.78. The predicted octanol–water partition coefficient (Wildman–Crippen LogP) is 3.52. The number of hydrogen-bond acceptors (Lipinski definition) is 3. The van der Waals surface area contributed by atoms with Crippen molar-refractivity contribution in [1.29, 1.82) is 0 Å². The molecule has 0 radical (unpaired) electrons. The van der Waals surface area contributed by atoms with Gasteiger partial charge in [0.1, 0.15) is 18.2 Å². The number of Topliss-reactive ketones (excluding diaryl/α,β-unsaturated/α-hetero) is 1. The fraction of sp³-hybridized carbons (Fsp3) is 0.167. The number of carbonyl (C=O) groups excluding carboxylic acids is 1. The largest absolute Gasteiger partial charge is 0.480 e. The first-order valence-corrected chi connectivity index (χ1v) is 7.51. The number of aliphatic carboxylic acids is 1. The summed E-state index contributed by atoms with van der Waals surface area (Å²) in [5.74, 6) is -1.34. The number of carboxylic acid groups (broad SMARTS) is 1. The molecule has 0 bridgehead atoms. The highest BCUT2D eigenvalue weighted by Gasteiger charge is 2.18. The van der Waals surface area contributed by atoms with E-state index in [0.29, 0.717) is 23.0 Å². The quantitative estimate of drug-likeness (QED) is 0.728. The van der Waals surface area contributed by atoms with E-state index < -0.39 is 11.8 Å². The molecule has 0 aliphatic carbocycles. The molecular formula is C18H15FN2O3. The lowest BCUT2D eigenvalue weighted by molar-refractivity contribution is -0.137. The van der Waals surface area contributed by atoms with Crippen molar-refractivity contribution in [1.82, 2.24) is 9.55 Å². The topological polar surface area (TPSA) is 72.2 Å². The van der Waals surface area contributed by atoms with E-state index in [1.807, 2.05) is 0 Å². The predicted molar refractivity (Wildman–Crippen MR) is 87.4 cm³/mol. The minimum Gasteiger partial charge on any atom is -0.480 e. The molecule has 6 heteroatoms. The number of aromatic nitrogens is 2. The molecular weight excluding hydrogens is 311 g/mol. The van der Waals surface area contributed by atoms with Gasteiger partial charge in [-0.2, -0.15) is 0 Å². The smallest absolute Gasteiger partial charge is 0.323 e. The van der Waals surface area contributed by atoms with Crippen molar-refractivity contribution in [2.75, 3.05) is 0 Å². The summed E-state index contributed by atoms with van der Waals surface area (Å²) < 4.78 is 15.6. The van der Waals surface area contributed by atoms with E-state index in [1.165, 1.54) is 10.6 Å². The number of benzene rings is 2. The second-order valence-electron chi connectivity index (χ2n) is 5.38. The van der Waals surface area contributed by atoms with E-state index in [0.717, 1.165) is 0 Å². The maximum Gasteiger partial charge on any atom is 0.323 e. The minimum absolute atomic E-state index is 0.0304. The van der Waals surface area contributed by atoms with Gasteiger partial charge in [-0.3, -0.25) is 9.59 Å². The van der Waals surface area contributed by atoms with E-state index in [4.69, 9.17) is 5.11 Å². The Hall–Kier alpha value is -3.02. The molecule has 1 heterocycles. The van der Waals surface area contributed by atoms with Gasteiger partial charge in [0.25, 0.3) is 0 Å². The molecule has 1 N–H and O–H groups in total. The maximum absolute atomic E-state index is 14.1. The summed E-state index contributed by atoms with van der Waals surface area (Å²) >= 11 is 0. The van der Waals surface area contributed by atoms with Crippen molar-refractivity contribution in [3.63, 3.8) is 0 Å². The summed E-state index contributed by atoms with van der Waals surface area (Å²) in [5.41, 5.74) is 1.74. The SMILES string of the molecule is CCC(=O)c1ccc2c(c1)nc(-c1ccccc1F)n2CC(=O)O. The second-order valence-corrected chi connectivity index (χ2v) is 5.38. The van der Waals surface area contributed by atoms with Crippen LogP contribution in [0.5, 0.6) is 0 Å². The number of fused-ring (bicyclic) bond motifs is 1. The highest BCUT2D eigenvalue weighted by atomic mass is 19.1. The average Bonchev–Trinajstić information content (AvgIpc) is 2.91. The molecule has 1 aromatic heterocycles. The average molecular weight is 326 g/mol. The molecule has 0 saturated heterocycles. The molecule has 3 aromatic rings. The summed E-state index contributed by atoms with van der Waals surface area (Å²) in [5, 5.41) is 9.17. The van der Waals surface area contributed by atoms with E-state index in [9.17, 15) is 14.0 Å². The van der Waals surface area contributed by atoms with E-state index in [2.05, 4.69) is 4.98 Å². The zero-order valence-corrected chi connectivity index (χ0v) is 13.0. The minimum atomic E-state index is -1.05. The number of rotatable bonds is 5. The summed E-state index contributed by atoms with van der Waals surface area (Å²) in [6.07, 6.45) is 0.363. The number of imidazole rings is 1. The monoisotopic (exact) mass is 326 g/mol. The van der Waals surface area contributed by atoms with Gasteiger partial charge >= 0.3 is 5.97 Å². The Balaban J connectivity index is 2.25. The highest BCUT2D eigenvalue weighted by Crippen LogP contribution is 2.27. The molecule has 0 unspecified atom stereocenters. The van der Waals surface area contributed by atoms with Crippen molar-refractivity contribution < 1.29 is 19.1 Å². The molecule has 0 spiro atoms. The molecule has 24 heavy (non-hydrogen) atoms. The summed E-state index contributed by atoms with van der Waals surface area (Å²) in [6.45, 7) is 1.42. The van der Waals surface area contributed by atoms with Crippen LogP contribution >= 0.6 is 0 Å². The van der Waals surface area contributed by atoms with Crippen LogP contribution in [0.3, 0.4) is 0 Å². The Morgan fingerprint density at radius 3 is 2.62 bits per heavy atom. The summed E-state index contributed by atoms with van der Waals surface area (Å²) in [6, 6.07) is 11.0. The number of carboxylic acids is 1. The summed E-state index contributed by atoms with van der Waals surface area (Å²) in [4.78, 5) is 27.4. The first kappa shape index (κ1) is 15.9. The zero-order valence-electron chi connectivity index (χ0n) is 13.0. The van der Waals surface area contributed by atoms with Crippen LogP contribution in [-0.2, 0) is 11.3 Å². The van der Waals surface area contributed by atoms with Gasteiger partial charge in [-0.15, -0.1) is 0 Å². The van der Waals surface area contributed by atoms with Crippen LogP contribution in [0.4, 0.5) is 4.39 Å². The third-order valence-electron chi connectivity index (χ3n) is 3.80. The molecule has 0 amide bonds. The van der Waals surface area contributed by atoms with E-state index >= 15 is 0 Å². The second kappa shape index (κ2) is 6.23. The van der Waals surface area contributed by atoms with Crippen LogP contribution in [0.25, 0.3) is 22.4 Å². The molecule has 0 fully saturated rings. The molecule has 2 aromatic carbocycles. The summed E-state index contributed by atoms with van der Waals surface area (Å²) in [7, 11) is 0. The molecule has 122 valence electrons. The maximum atomic E-state index is 14.1. The van der Waals surface area contributed by atoms with Gasteiger partial charge in [-0.25, -0.2) is 9.37 Å². The van der Waals surface area contributed by atoms with Gasteiger partial charge in [0, 0.05) is 12.0 Å². The fourth-order valence-electron chi connectivity index (χ4n) is 2.65. The van der Waals surface area contributed by atoms with Crippen LogP contribution < -0.4 is 0 Å². The Kier molecular flexibility index (Phi) is 4.12. The van der Waals surface area contributed by atoms with Gasteiger partial charge in [-0.1, -0.05) is 19.1 Å². The lowest BCUT2D eigenvalue weighted by atomic mass is 10.1. The van der Waals surface area contributed by atoms with Crippen LogP contribution in [0.15, 0.2) is 42.5 Å². The van der Waals surface area contributed by atoms with Gasteiger partial charge in [-0.05, 0) is 30.3 Å². The zero-order chi connectivity index (χ0) is 17.3. The molecule has 0 aliphatic rings. The Morgan fingerprint density at radius 2 is 1.96 bits per heavy atom. The van der Waals surface area contributed by atoms with Gasteiger partial charge in [0.05, 0.1) is 16.6 Å². The van der Waals surface area contributed by atoms with Crippen molar-refractivity contribution in [3.05, 3.63) is 53.8 Å². The number of hydrogen-bond donors (Lipinski definition) is 1. The van der Waals surface area contributed by atoms with E-state index in [1.54, 1.807) is 43.3 Å². The molecule has 5 nitrogen and oxygen atoms in total. The molecule has 0 atom stereocenters. The number of nitrogens with zero attached hydrogens (tertiary/aromatic N) is 2. The van der Waals surface area contributed by atoms with Crippen LogP contribution in [-0.4, -0.2) is 26.4 Å². The van der Waals surface area contributed by atoms with Crippen LogP contribution in [0, 0.1) is 5.82 Å². The van der Waals surface area contributed by atoms with Crippen molar-refractivity contribution in [2.24, 2.45) is 0 Å². The van der Waals surface area contributed by atoms with Crippen molar-refractivity contribution in [2.45, 2.75) is 19.9 Å². The van der Waals surface area contributed by atoms with Gasteiger partial charge in [0.15, 0.2) is 5.78 Å².